The van der Waals surface area contributed by atoms with E-state index in [0.29, 0.717) is 18.2 Å². The van der Waals surface area contributed by atoms with Gasteiger partial charge in [0.15, 0.2) is 5.13 Å². The van der Waals surface area contributed by atoms with Crippen LogP contribution in [0.4, 0.5) is 5.13 Å². The Balaban J connectivity index is 1.65. The van der Waals surface area contributed by atoms with Crippen molar-refractivity contribution in [3.05, 3.63) is 48.0 Å². The van der Waals surface area contributed by atoms with Crippen LogP contribution in [-0.4, -0.2) is 24.6 Å². The first-order chi connectivity index (χ1) is 11.7. The van der Waals surface area contributed by atoms with Crippen LogP contribution >= 0.6 is 11.3 Å². The number of aromatic nitrogens is 1. The maximum Gasteiger partial charge on any atom is 0.230 e. The lowest BCUT2D eigenvalue weighted by atomic mass is 10.1. The Kier molecular flexibility index (Phi) is 4.96. The lowest BCUT2D eigenvalue weighted by Gasteiger charge is -2.05. The van der Waals surface area contributed by atoms with Gasteiger partial charge in [0, 0.05) is 0 Å². The third-order valence-corrected chi connectivity index (χ3v) is 4.37. The normalized spacial score (nSPS) is 10.6. The lowest BCUT2D eigenvalue weighted by Crippen LogP contribution is -2.14. The largest absolute Gasteiger partial charge is 0.497 e. The summed E-state index contributed by atoms with van der Waals surface area (Å²) in [5.74, 6) is 1.49. The Bertz CT molecular complexity index is 843. The summed E-state index contributed by atoms with van der Waals surface area (Å²) in [6.45, 7) is 2.57. The molecule has 0 saturated carbocycles. The van der Waals surface area contributed by atoms with E-state index in [4.69, 9.17) is 9.47 Å². The summed E-state index contributed by atoms with van der Waals surface area (Å²) in [5.41, 5.74) is 1.77. The van der Waals surface area contributed by atoms with Crippen molar-refractivity contribution < 1.29 is 14.3 Å². The fraction of sp³-hybridized carbons (Fsp3) is 0.222. The minimum Gasteiger partial charge on any atom is -0.497 e. The number of amides is 1. The van der Waals surface area contributed by atoms with E-state index in [-0.39, 0.29) is 5.91 Å². The number of fused-ring (bicyclic) bond motifs is 1. The molecule has 0 unspecified atom stereocenters. The van der Waals surface area contributed by atoms with Crippen molar-refractivity contribution in [3.8, 4) is 11.5 Å². The molecule has 24 heavy (non-hydrogen) atoms. The molecule has 5 nitrogen and oxygen atoms in total. The molecule has 0 atom stereocenters. The maximum atomic E-state index is 12.2. The molecule has 0 saturated heterocycles. The van der Waals surface area contributed by atoms with E-state index in [9.17, 15) is 4.79 Å². The zero-order valence-electron chi connectivity index (χ0n) is 13.5. The smallest absolute Gasteiger partial charge is 0.230 e. The van der Waals surface area contributed by atoms with Gasteiger partial charge in [-0.05, 0) is 42.8 Å². The zero-order valence-corrected chi connectivity index (χ0v) is 14.4. The number of hydrogen-bond donors (Lipinski definition) is 1. The summed E-state index contributed by atoms with van der Waals surface area (Å²) in [4.78, 5) is 16.6. The average Bonchev–Trinajstić information content (AvgIpc) is 2.97. The maximum absolute atomic E-state index is 12.2. The highest BCUT2D eigenvalue weighted by molar-refractivity contribution is 7.22. The molecular weight excluding hydrogens is 324 g/mol. The predicted octanol–water partition coefficient (Wildman–Crippen LogP) is 3.88. The molecule has 6 heteroatoms. The van der Waals surface area contributed by atoms with Crippen LogP contribution in [0.15, 0.2) is 42.5 Å². The molecule has 0 aliphatic heterocycles. The number of carbonyl (C=O) groups is 1. The van der Waals surface area contributed by atoms with Crippen molar-refractivity contribution in [3.63, 3.8) is 0 Å². The van der Waals surface area contributed by atoms with Crippen LogP contribution in [0.25, 0.3) is 10.2 Å². The van der Waals surface area contributed by atoms with Crippen LogP contribution < -0.4 is 14.8 Å². The van der Waals surface area contributed by atoms with Crippen LogP contribution in [0.3, 0.4) is 0 Å². The fourth-order valence-corrected chi connectivity index (χ4v) is 3.21. The number of benzene rings is 2. The zero-order chi connectivity index (χ0) is 16.9. The number of thiazole rings is 1. The number of rotatable bonds is 6. The quantitative estimate of drug-likeness (QED) is 0.738. The number of methoxy groups -OCH3 is 1. The fourth-order valence-electron chi connectivity index (χ4n) is 2.30. The van der Waals surface area contributed by atoms with Crippen LogP contribution in [0, 0.1) is 0 Å². The first kappa shape index (κ1) is 16.3. The summed E-state index contributed by atoms with van der Waals surface area (Å²) < 4.78 is 11.6. The Morgan fingerprint density at radius 2 is 1.92 bits per heavy atom. The predicted molar refractivity (Wildman–Crippen MR) is 96.1 cm³/mol. The highest BCUT2D eigenvalue weighted by Gasteiger charge is 2.09. The van der Waals surface area contributed by atoms with E-state index < -0.39 is 0 Å². The van der Waals surface area contributed by atoms with Gasteiger partial charge in [0.2, 0.25) is 5.91 Å². The molecule has 0 aliphatic rings. The monoisotopic (exact) mass is 342 g/mol. The summed E-state index contributed by atoms with van der Waals surface area (Å²) in [6, 6.07) is 13.2. The molecule has 3 aromatic rings. The number of ether oxygens (including phenoxy) is 2. The van der Waals surface area contributed by atoms with Gasteiger partial charge in [-0.3, -0.25) is 4.79 Å². The van der Waals surface area contributed by atoms with Gasteiger partial charge in [-0.2, -0.15) is 0 Å². The average molecular weight is 342 g/mol. The van der Waals surface area contributed by atoms with Gasteiger partial charge in [-0.15, -0.1) is 0 Å². The van der Waals surface area contributed by atoms with Crippen molar-refractivity contribution in [1.29, 1.82) is 0 Å². The molecule has 1 aromatic heterocycles. The van der Waals surface area contributed by atoms with Gasteiger partial charge in [0.1, 0.15) is 11.5 Å². The summed E-state index contributed by atoms with van der Waals surface area (Å²) in [6.07, 6.45) is 0.297. The standard InChI is InChI=1S/C18H18N2O3S/c1-3-23-13-6-4-12(5-7-13)10-17(21)20-18-19-15-9-8-14(22-2)11-16(15)24-18/h4-9,11H,3,10H2,1-2H3,(H,19,20,21). The first-order valence-electron chi connectivity index (χ1n) is 7.64. The van der Waals surface area contributed by atoms with Crippen molar-refractivity contribution >= 4 is 32.6 Å². The second-order valence-electron chi connectivity index (χ2n) is 5.15. The Morgan fingerprint density at radius 3 is 2.62 bits per heavy atom. The topological polar surface area (TPSA) is 60.5 Å². The van der Waals surface area contributed by atoms with Gasteiger partial charge in [0.05, 0.1) is 30.4 Å². The van der Waals surface area contributed by atoms with E-state index >= 15 is 0 Å². The van der Waals surface area contributed by atoms with Gasteiger partial charge >= 0.3 is 0 Å². The van der Waals surface area contributed by atoms with Gasteiger partial charge in [-0.25, -0.2) is 4.98 Å². The summed E-state index contributed by atoms with van der Waals surface area (Å²) >= 11 is 1.43. The second-order valence-corrected chi connectivity index (χ2v) is 6.19. The van der Waals surface area contributed by atoms with Crippen molar-refractivity contribution in [2.75, 3.05) is 19.0 Å². The van der Waals surface area contributed by atoms with Crippen molar-refractivity contribution in [1.82, 2.24) is 4.98 Å². The minimum absolute atomic E-state index is 0.0924. The van der Waals surface area contributed by atoms with E-state index in [1.54, 1.807) is 7.11 Å². The van der Waals surface area contributed by atoms with E-state index in [1.165, 1.54) is 11.3 Å². The Hall–Kier alpha value is -2.60. The van der Waals surface area contributed by atoms with Crippen molar-refractivity contribution in [2.45, 2.75) is 13.3 Å². The Labute approximate surface area is 144 Å². The third kappa shape index (κ3) is 3.83. The highest BCUT2D eigenvalue weighted by atomic mass is 32.1. The van der Waals surface area contributed by atoms with Gasteiger partial charge < -0.3 is 14.8 Å². The number of nitrogens with zero attached hydrogens (tertiary/aromatic N) is 1. The molecule has 2 aromatic carbocycles. The lowest BCUT2D eigenvalue weighted by molar-refractivity contribution is -0.115. The van der Waals surface area contributed by atoms with Crippen LogP contribution in [0.2, 0.25) is 0 Å². The SMILES string of the molecule is CCOc1ccc(CC(=O)Nc2nc3ccc(OC)cc3s2)cc1. The molecular formula is C18H18N2O3S. The molecule has 0 radical (unpaired) electrons. The van der Waals surface area contributed by atoms with Crippen LogP contribution in [0.5, 0.6) is 11.5 Å². The first-order valence-corrected chi connectivity index (χ1v) is 8.45. The molecule has 1 heterocycles. The molecule has 0 spiro atoms. The van der Waals surface area contributed by atoms with E-state index in [0.717, 1.165) is 27.3 Å². The van der Waals surface area contributed by atoms with Gasteiger partial charge in [0.25, 0.3) is 0 Å². The summed E-state index contributed by atoms with van der Waals surface area (Å²) in [7, 11) is 1.63. The Morgan fingerprint density at radius 1 is 1.17 bits per heavy atom. The molecule has 0 fully saturated rings. The van der Waals surface area contributed by atoms with Crippen LogP contribution in [-0.2, 0) is 11.2 Å². The number of nitrogens with one attached hydrogen (secondary N) is 1. The molecule has 1 N–H and O–H groups in total. The van der Waals surface area contributed by atoms with E-state index in [1.807, 2.05) is 49.4 Å². The van der Waals surface area contributed by atoms with Crippen LogP contribution in [0.1, 0.15) is 12.5 Å². The van der Waals surface area contributed by atoms with Gasteiger partial charge in [-0.1, -0.05) is 23.5 Å². The molecule has 1 amide bonds. The number of anilines is 1. The number of hydrogen-bond acceptors (Lipinski definition) is 5. The molecule has 3 rings (SSSR count). The second kappa shape index (κ2) is 7.31. The highest BCUT2D eigenvalue weighted by Crippen LogP contribution is 2.29. The third-order valence-electron chi connectivity index (χ3n) is 3.44. The summed E-state index contributed by atoms with van der Waals surface area (Å²) in [5, 5.41) is 3.45. The molecule has 0 aliphatic carbocycles. The molecule has 0 bridgehead atoms. The minimum atomic E-state index is -0.0924. The van der Waals surface area contributed by atoms with E-state index in [2.05, 4.69) is 10.3 Å². The molecule has 124 valence electrons. The number of carbonyl (C=O) groups excluding carboxylic acids is 1. The van der Waals surface area contributed by atoms with Crippen molar-refractivity contribution in [2.24, 2.45) is 0 Å².